The standard InChI is InChI=1S/C19H22N4O/c1-15-4-2-6-18(22-15)13-23-9-3-5-17(12-23)14-24-19-10-16(11-20)7-8-21-19/h2,4,6-8,10,17H,3,5,9,12-14H2,1H3. The van der Waals surface area contributed by atoms with Crippen molar-refractivity contribution in [2.24, 2.45) is 5.92 Å². The van der Waals surface area contributed by atoms with E-state index in [4.69, 9.17) is 10.00 Å². The molecule has 1 unspecified atom stereocenters. The first-order chi connectivity index (χ1) is 11.7. The van der Waals surface area contributed by atoms with Gasteiger partial charge >= 0.3 is 0 Å². The van der Waals surface area contributed by atoms with Gasteiger partial charge in [-0.25, -0.2) is 4.98 Å². The number of ether oxygens (including phenoxy) is 1. The van der Waals surface area contributed by atoms with Crippen molar-refractivity contribution in [1.82, 2.24) is 14.9 Å². The van der Waals surface area contributed by atoms with Crippen molar-refractivity contribution < 1.29 is 4.74 Å². The Morgan fingerprint density at radius 2 is 2.29 bits per heavy atom. The van der Waals surface area contributed by atoms with Crippen molar-refractivity contribution in [3.8, 4) is 11.9 Å². The molecule has 5 nitrogen and oxygen atoms in total. The fraction of sp³-hybridized carbons (Fsp3) is 0.421. The van der Waals surface area contributed by atoms with E-state index in [0.29, 0.717) is 24.0 Å². The van der Waals surface area contributed by atoms with Crippen molar-refractivity contribution in [1.29, 1.82) is 5.26 Å². The fourth-order valence-corrected chi connectivity index (χ4v) is 3.11. The SMILES string of the molecule is Cc1cccc(CN2CCCC(COc3cc(C#N)ccn3)C2)n1. The monoisotopic (exact) mass is 322 g/mol. The van der Waals surface area contributed by atoms with Crippen molar-refractivity contribution in [3.05, 3.63) is 53.5 Å². The van der Waals surface area contributed by atoms with Gasteiger partial charge in [0.1, 0.15) is 0 Å². The maximum atomic E-state index is 8.93. The summed E-state index contributed by atoms with van der Waals surface area (Å²) in [6.07, 6.45) is 3.95. The molecule has 2 aromatic rings. The molecular weight excluding hydrogens is 300 g/mol. The molecule has 0 N–H and O–H groups in total. The first-order valence-corrected chi connectivity index (χ1v) is 8.37. The number of rotatable bonds is 5. The minimum Gasteiger partial charge on any atom is -0.477 e. The highest BCUT2D eigenvalue weighted by atomic mass is 16.5. The van der Waals surface area contributed by atoms with E-state index in [2.05, 4.69) is 33.1 Å². The molecule has 0 aliphatic carbocycles. The van der Waals surface area contributed by atoms with E-state index < -0.39 is 0 Å². The first kappa shape index (κ1) is 16.4. The number of piperidine rings is 1. The molecule has 1 atom stereocenters. The van der Waals surface area contributed by atoms with Crippen LogP contribution in [0.1, 0.15) is 29.8 Å². The predicted octanol–water partition coefficient (Wildman–Crippen LogP) is 2.95. The Balaban J connectivity index is 1.53. The van der Waals surface area contributed by atoms with Crippen molar-refractivity contribution in [3.63, 3.8) is 0 Å². The Bertz CT molecular complexity index is 725. The smallest absolute Gasteiger partial charge is 0.214 e. The van der Waals surface area contributed by atoms with Crippen molar-refractivity contribution >= 4 is 0 Å². The number of hydrogen-bond donors (Lipinski definition) is 0. The predicted molar refractivity (Wildman–Crippen MR) is 91.4 cm³/mol. The molecule has 1 aliphatic heterocycles. The van der Waals surface area contributed by atoms with E-state index in [1.807, 2.05) is 13.0 Å². The number of nitriles is 1. The number of pyridine rings is 2. The summed E-state index contributed by atoms with van der Waals surface area (Å²) in [5.41, 5.74) is 2.77. The average molecular weight is 322 g/mol. The number of nitrogens with zero attached hydrogens (tertiary/aromatic N) is 4. The molecule has 124 valence electrons. The van der Waals surface area contributed by atoms with Gasteiger partial charge in [0.2, 0.25) is 5.88 Å². The van der Waals surface area contributed by atoms with Crippen LogP contribution in [0.15, 0.2) is 36.5 Å². The second kappa shape index (κ2) is 7.89. The summed E-state index contributed by atoms with van der Waals surface area (Å²) in [5, 5.41) is 8.93. The number of aromatic nitrogens is 2. The van der Waals surface area contributed by atoms with Gasteiger partial charge in [0.25, 0.3) is 0 Å². The van der Waals surface area contributed by atoms with Gasteiger partial charge in [-0.15, -0.1) is 0 Å². The lowest BCUT2D eigenvalue weighted by Gasteiger charge is -2.32. The summed E-state index contributed by atoms with van der Waals surface area (Å²) in [6.45, 7) is 5.67. The maximum Gasteiger partial charge on any atom is 0.214 e. The molecule has 0 aromatic carbocycles. The minimum atomic E-state index is 0.483. The molecule has 1 fully saturated rings. The van der Waals surface area contributed by atoms with Gasteiger partial charge in [0.15, 0.2) is 0 Å². The van der Waals surface area contributed by atoms with Crippen LogP contribution in [0.2, 0.25) is 0 Å². The van der Waals surface area contributed by atoms with Crippen LogP contribution in [0.3, 0.4) is 0 Å². The summed E-state index contributed by atoms with van der Waals surface area (Å²) < 4.78 is 5.80. The topological polar surface area (TPSA) is 62.0 Å². The van der Waals surface area contributed by atoms with Crippen molar-refractivity contribution in [2.75, 3.05) is 19.7 Å². The molecule has 2 aromatic heterocycles. The molecule has 5 heteroatoms. The van der Waals surface area contributed by atoms with Gasteiger partial charge in [0, 0.05) is 37.0 Å². The highest BCUT2D eigenvalue weighted by Crippen LogP contribution is 2.19. The third-order valence-electron chi connectivity index (χ3n) is 4.27. The largest absolute Gasteiger partial charge is 0.477 e. The maximum absolute atomic E-state index is 8.93. The van der Waals surface area contributed by atoms with Gasteiger partial charge in [-0.1, -0.05) is 6.07 Å². The highest BCUT2D eigenvalue weighted by molar-refractivity contribution is 5.31. The van der Waals surface area contributed by atoms with E-state index in [0.717, 1.165) is 37.4 Å². The molecular formula is C19H22N4O. The molecule has 3 heterocycles. The van der Waals surface area contributed by atoms with E-state index in [9.17, 15) is 0 Å². The van der Waals surface area contributed by atoms with E-state index in [-0.39, 0.29) is 0 Å². The van der Waals surface area contributed by atoms with Crippen LogP contribution in [0, 0.1) is 24.2 Å². The zero-order valence-electron chi connectivity index (χ0n) is 14.0. The second-order valence-electron chi connectivity index (χ2n) is 6.32. The van der Waals surface area contributed by atoms with Crippen LogP contribution in [0.25, 0.3) is 0 Å². The Kier molecular flexibility index (Phi) is 5.39. The zero-order chi connectivity index (χ0) is 16.8. The van der Waals surface area contributed by atoms with Crippen LogP contribution >= 0.6 is 0 Å². The van der Waals surface area contributed by atoms with E-state index >= 15 is 0 Å². The summed E-state index contributed by atoms with van der Waals surface area (Å²) in [7, 11) is 0. The molecule has 1 saturated heterocycles. The minimum absolute atomic E-state index is 0.483. The fourth-order valence-electron chi connectivity index (χ4n) is 3.11. The number of likely N-dealkylation sites (tertiary alicyclic amines) is 1. The summed E-state index contributed by atoms with van der Waals surface area (Å²) >= 11 is 0. The Morgan fingerprint density at radius 1 is 1.38 bits per heavy atom. The molecule has 1 aliphatic rings. The lowest BCUT2D eigenvalue weighted by atomic mass is 9.99. The van der Waals surface area contributed by atoms with E-state index in [1.165, 1.54) is 6.42 Å². The second-order valence-corrected chi connectivity index (χ2v) is 6.32. The molecule has 3 rings (SSSR count). The summed E-state index contributed by atoms with van der Waals surface area (Å²) in [5.74, 6) is 1.02. The Morgan fingerprint density at radius 3 is 3.12 bits per heavy atom. The quantitative estimate of drug-likeness (QED) is 0.847. The number of aryl methyl sites for hydroxylation is 1. The third kappa shape index (κ3) is 4.53. The molecule has 0 spiro atoms. The molecule has 24 heavy (non-hydrogen) atoms. The van der Waals surface area contributed by atoms with Crippen LogP contribution in [-0.4, -0.2) is 34.6 Å². The van der Waals surface area contributed by atoms with Gasteiger partial charge in [-0.2, -0.15) is 5.26 Å². The van der Waals surface area contributed by atoms with Gasteiger partial charge in [0.05, 0.1) is 23.9 Å². The van der Waals surface area contributed by atoms with Crippen LogP contribution < -0.4 is 4.74 Å². The van der Waals surface area contributed by atoms with Crippen LogP contribution in [0.5, 0.6) is 5.88 Å². The van der Waals surface area contributed by atoms with Crippen LogP contribution in [0.4, 0.5) is 0 Å². The lowest BCUT2D eigenvalue weighted by Crippen LogP contribution is -2.37. The summed E-state index contributed by atoms with van der Waals surface area (Å²) in [6, 6.07) is 11.7. The van der Waals surface area contributed by atoms with Crippen molar-refractivity contribution in [2.45, 2.75) is 26.3 Å². The average Bonchev–Trinajstić information content (AvgIpc) is 2.60. The van der Waals surface area contributed by atoms with Gasteiger partial charge in [-0.05, 0) is 44.5 Å². The molecule has 0 bridgehead atoms. The van der Waals surface area contributed by atoms with E-state index in [1.54, 1.807) is 18.3 Å². The van der Waals surface area contributed by atoms with Gasteiger partial charge < -0.3 is 4.74 Å². The third-order valence-corrected chi connectivity index (χ3v) is 4.27. The highest BCUT2D eigenvalue weighted by Gasteiger charge is 2.21. The Hall–Kier alpha value is -2.45. The summed E-state index contributed by atoms with van der Waals surface area (Å²) in [4.78, 5) is 11.2. The normalized spacial score (nSPS) is 18.1. The number of hydrogen-bond acceptors (Lipinski definition) is 5. The zero-order valence-corrected chi connectivity index (χ0v) is 14.0. The molecule has 0 saturated carbocycles. The van der Waals surface area contributed by atoms with Gasteiger partial charge in [-0.3, -0.25) is 9.88 Å². The first-order valence-electron chi connectivity index (χ1n) is 8.37. The molecule has 0 amide bonds. The van der Waals surface area contributed by atoms with Crippen LogP contribution in [-0.2, 0) is 6.54 Å². The molecule has 0 radical (unpaired) electrons. The Labute approximate surface area is 142 Å². The lowest BCUT2D eigenvalue weighted by molar-refractivity contribution is 0.122.